The summed E-state index contributed by atoms with van der Waals surface area (Å²) in [6, 6.07) is 11.3. The molecular weight excluding hydrogens is 428 g/mol. The van der Waals surface area contributed by atoms with Crippen molar-refractivity contribution in [2.75, 3.05) is 49.5 Å². The molecule has 2 aromatic rings. The van der Waals surface area contributed by atoms with E-state index in [1.54, 1.807) is 10.7 Å². The number of amides is 1. The van der Waals surface area contributed by atoms with Crippen molar-refractivity contribution in [3.63, 3.8) is 0 Å². The second-order valence-corrected chi connectivity index (χ2v) is 10.8. The van der Waals surface area contributed by atoms with E-state index in [0.29, 0.717) is 17.8 Å². The second kappa shape index (κ2) is 9.40. The van der Waals surface area contributed by atoms with Crippen LogP contribution >= 0.6 is 0 Å². The zero-order valence-corrected chi connectivity index (χ0v) is 19.0. The third-order valence-corrected chi connectivity index (χ3v) is 7.75. The van der Waals surface area contributed by atoms with Gasteiger partial charge in [0.2, 0.25) is 5.91 Å². The molecule has 2 aliphatic rings. The van der Waals surface area contributed by atoms with Gasteiger partial charge in [0.1, 0.15) is 5.82 Å². The minimum Gasteiger partial charge on any atom is -0.310 e. The Morgan fingerprint density at radius 2 is 1.88 bits per heavy atom. The fourth-order valence-corrected chi connectivity index (χ4v) is 5.98. The number of aromatic nitrogens is 2. The van der Waals surface area contributed by atoms with Gasteiger partial charge in [-0.25, -0.2) is 13.1 Å². The minimum atomic E-state index is -3.03. The topological polar surface area (TPSA) is 111 Å². The Hall–Kier alpha value is -2.74. The molecule has 2 fully saturated rings. The monoisotopic (exact) mass is 456 g/mol. The lowest BCUT2D eigenvalue weighted by Gasteiger charge is -2.34. The summed E-state index contributed by atoms with van der Waals surface area (Å²) in [6.07, 6.45) is 0.521. The standard InChI is InChI=1S/C22H28N6O3S/c1-17-12-21(28(25-17)20-6-11-32(30,31)16-20)24-22(29)15-27-9-7-26(8-10-27)14-19-4-2-18(13-23)3-5-19/h2-5,12,20H,6-11,14-16H2,1H3,(H,24,29). The Bertz CT molecular complexity index is 1110. The van der Waals surface area contributed by atoms with Gasteiger partial charge in [-0.3, -0.25) is 14.6 Å². The van der Waals surface area contributed by atoms with Crippen LogP contribution in [0.3, 0.4) is 0 Å². The molecule has 0 aliphatic carbocycles. The summed E-state index contributed by atoms with van der Waals surface area (Å²) >= 11 is 0. The number of nitrogens with zero attached hydrogens (tertiary/aromatic N) is 5. The molecule has 1 atom stereocenters. The summed E-state index contributed by atoms with van der Waals surface area (Å²) in [5.41, 5.74) is 2.59. The quantitative estimate of drug-likeness (QED) is 0.695. The Morgan fingerprint density at radius 3 is 2.50 bits per heavy atom. The first-order chi connectivity index (χ1) is 15.3. The van der Waals surface area contributed by atoms with Crippen molar-refractivity contribution in [1.82, 2.24) is 19.6 Å². The highest BCUT2D eigenvalue weighted by atomic mass is 32.2. The molecule has 1 aromatic heterocycles. The molecule has 1 N–H and O–H groups in total. The fourth-order valence-electron chi connectivity index (χ4n) is 4.29. The summed E-state index contributed by atoms with van der Waals surface area (Å²) in [5, 5.41) is 16.3. The fraction of sp³-hybridized carbons (Fsp3) is 0.500. The van der Waals surface area contributed by atoms with Gasteiger partial charge in [0.15, 0.2) is 9.84 Å². The van der Waals surface area contributed by atoms with Gasteiger partial charge in [0, 0.05) is 38.8 Å². The smallest absolute Gasteiger partial charge is 0.239 e. The van der Waals surface area contributed by atoms with E-state index in [-0.39, 0.29) is 30.0 Å². The molecule has 2 saturated heterocycles. The highest BCUT2D eigenvalue weighted by Crippen LogP contribution is 2.27. The maximum absolute atomic E-state index is 12.7. The lowest BCUT2D eigenvalue weighted by atomic mass is 10.1. The first-order valence-electron chi connectivity index (χ1n) is 10.8. The molecule has 170 valence electrons. The van der Waals surface area contributed by atoms with Gasteiger partial charge in [0.05, 0.1) is 41.4 Å². The van der Waals surface area contributed by atoms with Crippen molar-refractivity contribution in [1.29, 1.82) is 5.26 Å². The number of rotatable bonds is 6. The van der Waals surface area contributed by atoms with E-state index in [4.69, 9.17) is 5.26 Å². The molecule has 3 heterocycles. The average Bonchev–Trinajstić information content (AvgIpc) is 3.31. The number of piperazine rings is 1. The number of nitriles is 1. The SMILES string of the molecule is Cc1cc(NC(=O)CN2CCN(Cc3ccc(C#N)cc3)CC2)n(C2CCS(=O)(=O)C2)n1. The number of aryl methyl sites for hydroxylation is 1. The first kappa shape index (κ1) is 22.5. The summed E-state index contributed by atoms with van der Waals surface area (Å²) in [7, 11) is -3.03. The van der Waals surface area contributed by atoms with E-state index in [1.165, 1.54) is 5.56 Å². The lowest BCUT2D eigenvalue weighted by Crippen LogP contribution is -2.48. The van der Waals surface area contributed by atoms with Gasteiger partial charge in [0.25, 0.3) is 0 Å². The van der Waals surface area contributed by atoms with E-state index < -0.39 is 9.84 Å². The van der Waals surface area contributed by atoms with Crippen LogP contribution in [0.5, 0.6) is 0 Å². The number of carbonyl (C=O) groups excluding carboxylic acids is 1. The summed E-state index contributed by atoms with van der Waals surface area (Å²) < 4.78 is 25.3. The van der Waals surface area contributed by atoms with E-state index in [0.717, 1.165) is 38.4 Å². The number of carbonyl (C=O) groups is 1. The highest BCUT2D eigenvalue weighted by Gasteiger charge is 2.31. The normalized spacial score (nSPS) is 21.3. The molecule has 10 heteroatoms. The number of nitrogens with one attached hydrogen (secondary N) is 1. The lowest BCUT2D eigenvalue weighted by molar-refractivity contribution is -0.117. The second-order valence-electron chi connectivity index (χ2n) is 8.58. The predicted molar refractivity (Wildman–Crippen MR) is 121 cm³/mol. The van der Waals surface area contributed by atoms with Crippen LogP contribution in [0.15, 0.2) is 30.3 Å². The molecule has 4 rings (SSSR count). The molecule has 1 amide bonds. The molecule has 9 nitrogen and oxygen atoms in total. The third kappa shape index (κ3) is 5.54. The average molecular weight is 457 g/mol. The number of sulfone groups is 1. The van der Waals surface area contributed by atoms with Gasteiger partial charge in [-0.1, -0.05) is 12.1 Å². The van der Waals surface area contributed by atoms with E-state index >= 15 is 0 Å². The van der Waals surface area contributed by atoms with Crippen LogP contribution in [0.25, 0.3) is 0 Å². The van der Waals surface area contributed by atoms with Gasteiger partial charge in [-0.15, -0.1) is 0 Å². The molecular formula is C22H28N6O3S. The van der Waals surface area contributed by atoms with E-state index in [9.17, 15) is 13.2 Å². The largest absolute Gasteiger partial charge is 0.310 e. The van der Waals surface area contributed by atoms with Crippen LogP contribution in [0.1, 0.15) is 29.3 Å². The summed E-state index contributed by atoms with van der Waals surface area (Å²) in [5.74, 6) is 0.677. The Kier molecular flexibility index (Phi) is 6.60. The van der Waals surface area contributed by atoms with E-state index in [1.807, 2.05) is 31.2 Å². The van der Waals surface area contributed by atoms with Crippen molar-refractivity contribution < 1.29 is 13.2 Å². The third-order valence-electron chi connectivity index (χ3n) is 6.00. The Morgan fingerprint density at radius 1 is 1.19 bits per heavy atom. The molecule has 0 spiro atoms. The minimum absolute atomic E-state index is 0.0676. The first-order valence-corrected chi connectivity index (χ1v) is 12.6. The molecule has 0 bridgehead atoms. The van der Waals surface area contributed by atoms with Crippen LogP contribution in [0, 0.1) is 18.3 Å². The zero-order chi connectivity index (χ0) is 22.7. The van der Waals surface area contributed by atoms with Crippen molar-refractivity contribution in [2.24, 2.45) is 0 Å². The summed E-state index contributed by atoms with van der Waals surface area (Å²) in [4.78, 5) is 17.1. The summed E-state index contributed by atoms with van der Waals surface area (Å²) in [6.45, 7) is 6.27. The van der Waals surface area contributed by atoms with Crippen LogP contribution < -0.4 is 5.32 Å². The maximum Gasteiger partial charge on any atom is 0.239 e. The van der Waals surface area contributed by atoms with Gasteiger partial charge >= 0.3 is 0 Å². The van der Waals surface area contributed by atoms with Gasteiger partial charge in [-0.05, 0) is 31.0 Å². The number of anilines is 1. The number of benzene rings is 1. The number of hydrogen-bond acceptors (Lipinski definition) is 7. The molecule has 1 aromatic carbocycles. The van der Waals surface area contributed by atoms with Crippen molar-refractivity contribution in [3.05, 3.63) is 47.2 Å². The Labute approximate surface area is 188 Å². The molecule has 0 radical (unpaired) electrons. The van der Waals surface area contributed by atoms with E-state index in [2.05, 4.69) is 26.3 Å². The molecule has 0 saturated carbocycles. The van der Waals surface area contributed by atoms with Crippen molar-refractivity contribution >= 4 is 21.6 Å². The predicted octanol–water partition coefficient (Wildman–Crippen LogP) is 1.18. The molecule has 2 aliphatic heterocycles. The maximum atomic E-state index is 12.7. The van der Waals surface area contributed by atoms with Gasteiger partial charge < -0.3 is 5.32 Å². The van der Waals surface area contributed by atoms with Crippen LogP contribution in [0.4, 0.5) is 5.82 Å². The number of hydrogen-bond donors (Lipinski definition) is 1. The van der Waals surface area contributed by atoms with Crippen molar-refractivity contribution in [3.8, 4) is 6.07 Å². The van der Waals surface area contributed by atoms with Crippen molar-refractivity contribution in [2.45, 2.75) is 25.9 Å². The van der Waals surface area contributed by atoms with Crippen LogP contribution in [-0.2, 0) is 21.2 Å². The van der Waals surface area contributed by atoms with Crippen LogP contribution in [-0.4, -0.2) is 78.1 Å². The van der Waals surface area contributed by atoms with Gasteiger partial charge in [-0.2, -0.15) is 10.4 Å². The molecule has 32 heavy (non-hydrogen) atoms. The van der Waals surface area contributed by atoms with Crippen LogP contribution in [0.2, 0.25) is 0 Å². The highest BCUT2D eigenvalue weighted by molar-refractivity contribution is 7.91. The zero-order valence-electron chi connectivity index (χ0n) is 18.2. The molecule has 1 unspecified atom stereocenters. The Balaban J connectivity index is 1.27.